The maximum Gasteiger partial charge on any atom is 0.150 e. The normalized spacial score (nSPS) is 41.0. The molecule has 3 heteroatoms. The molecule has 0 unspecified atom stereocenters. The second-order valence-corrected chi connectivity index (χ2v) is 7.92. The predicted octanol–water partition coefficient (Wildman–Crippen LogP) is 3.29. The van der Waals surface area contributed by atoms with Crippen LogP contribution in [0.5, 0.6) is 0 Å². The van der Waals surface area contributed by atoms with Crippen LogP contribution in [0.25, 0.3) is 0 Å². The molecule has 0 saturated carbocycles. The molecule has 21 heavy (non-hydrogen) atoms. The van der Waals surface area contributed by atoms with Crippen LogP contribution in [0.1, 0.15) is 65.2 Å². The topological polar surface area (TPSA) is 23.6 Å². The van der Waals surface area contributed by atoms with Crippen LogP contribution in [-0.2, 0) is 4.79 Å². The minimum absolute atomic E-state index is 0.0177. The van der Waals surface area contributed by atoms with Crippen LogP contribution in [0.3, 0.4) is 0 Å². The number of hydrogen-bond acceptors (Lipinski definition) is 3. The number of carbonyl (C=O) groups excluding carboxylic acids is 1. The fourth-order valence-corrected chi connectivity index (χ4v) is 5.23. The van der Waals surface area contributed by atoms with Crippen LogP contribution < -0.4 is 0 Å². The Kier molecular flexibility index (Phi) is 4.42. The molecular formula is C18H32N2O. The Morgan fingerprint density at radius 3 is 1.62 bits per heavy atom. The van der Waals surface area contributed by atoms with Crippen molar-refractivity contribution >= 4 is 5.78 Å². The molecule has 4 aliphatic rings. The third kappa shape index (κ3) is 2.68. The zero-order valence-corrected chi connectivity index (χ0v) is 14.0. The first-order valence-electron chi connectivity index (χ1n) is 9.14. The summed E-state index contributed by atoms with van der Waals surface area (Å²) in [7, 11) is 0. The molecule has 120 valence electrons. The Bertz CT molecular complexity index is 347. The lowest BCUT2D eigenvalue weighted by Crippen LogP contribution is -2.76. The first-order chi connectivity index (χ1) is 10.1. The van der Waals surface area contributed by atoms with Gasteiger partial charge >= 0.3 is 0 Å². The highest BCUT2D eigenvalue weighted by atomic mass is 16.1. The number of carbonyl (C=O) groups is 1. The summed E-state index contributed by atoms with van der Waals surface area (Å²) in [5.74, 6) is 0.648. The summed E-state index contributed by atoms with van der Waals surface area (Å²) >= 11 is 0. The Morgan fingerprint density at radius 1 is 0.810 bits per heavy atom. The highest BCUT2D eigenvalue weighted by molar-refractivity contribution is 5.93. The smallest absolute Gasteiger partial charge is 0.150 e. The third-order valence-electron chi connectivity index (χ3n) is 5.99. The number of unbranched alkanes of at least 4 members (excludes halogenated alkanes) is 4. The highest BCUT2D eigenvalue weighted by Crippen LogP contribution is 2.50. The van der Waals surface area contributed by atoms with Crippen LogP contribution in [0.15, 0.2) is 0 Å². The molecule has 4 bridgehead atoms. The lowest BCUT2D eigenvalue weighted by atomic mass is 9.58. The molecule has 4 fully saturated rings. The lowest BCUT2D eigenvalue weighted by molar-refractivity contribution is -0.186. The molecule has 3 nitrogen and oxygen atoms in total. The number of piperidine rings is 2. The quantitative estimate of drug-likeness (QED) is 0.641. The molecule has 0 aromatic carbocycles. The molecule has 0 aliphatic carbocycles. The van der Waals surface area contributed by atoms with Gasteiger partial charge in [0.1, 0.15) is 5.78 Å². The largest absolute Gasteiger partial charge is 0.298 e. The van der Waals surface area contributed by atoms with E-state index in [9.17, 15) is 4.79 Å². The Balaban J connectivity index is 1.75. The summed E-state index contributed by atoms with van der Waals surface area (Å²) in [6.07, 6.45) is 9.77. The molecule has 0 spiro atoms. The maximum absolute atomic E-state index is 13.4. The van der Waals surface area contributed by atoms with E-state index >= 15 is 0 Å². The molecule has 0 aromatic heterocycles. The molecule has 4 rings (SSSR count). The van der Waals surface area contributed by atoms with Crippen molar-refractivity contribution < 1.29 is 4.79 Å². The van der Waals surface area contributed by atoms with E-state index in [-0.39, 0.29) is 10.8 Å². The monoisotopic (exact) mass is 292 g/mol. The molecule has 4 saturated heterocycles. The minimum atomic E-state index is -0.0177. The van der Waals surface area contributed by atoms with Crippen molar-refractivity contribution in [1.82, 2.24) is 9.80 Å². The van der Waals surface area contributed by atoms with Crippen molar-refractivity contribution in [2.24, 2.45) is 10.8 Å². The van der Waals surface area contributed by atoms with Crippen molar-refractivity contribution in [1.29, 1.82) is 0 Å². The summed E-state index contributed by atoms with van der Waals surface area (Å²) in [6, 6.07) is 0. The summed E-state index contributed by atoms with van der Waals surface area (Å²) in [6.45, 7) is 9.78. The molecule has 0 atom stereocenters. The van der Waals surface area contributed by atoms with Gasteiger partial charge in [-0.1, -0.05) is 52.4 Å². The Labute approximate surface area is 130 Å². The van der Waals surface area contributed by atoms with E-state index in [0.717, 1.165) is 45.7 Å². The molecule has 0 amide bonds. The molecule has 4 aliphatic heterocycles. The summed E-state index contributed by atoms with van der Waals surface area (Å²) < 4.78 is 0. The van der Waals surface area contributed by atoms with Crippen molar-refractivity contribution in [3.05, 3.63) is 0 Å². The number of Topliss-reactive ketones (excluding diaryl/α,β-unsaturated/α-hetero) is 1. The van der Waals surface area contributed by atoms with Gasteiger partial charge in [-0.05, 0) is 12.8 Å². The van der Waals surface area contributed by atoms with Gasteiger partial charge in [-0.15, -0.1) is 0 Å². The van der Waals surface area contributed by atoms with Crippen molar-refractivity contribution in [3.8, 4) is 0 Å². The molecular weight excluding hydrogens is 260 g/mol. The standard InChI is InChI=1S/C18H32N2O/c1-3-5-7-9-17-11-19-13-18(16(17)21,10-8-6-4-2)14-20(12-17)15-19/h3-15H2,1-2H3. The maximum atomic E-state index is 13.4. The van der Waals surface area contributed by atoms with Gasteiger partial charge < -0.3 is 0 Å². The fraction of sp³-hybridized carbons (Fsp3) is 0.944. The number of rotatable bonds is 8. The molecule has 0 aromatic rings. The summed E-state index contributed by atoms with van der Waals surface area (Å²) in [5, 5.41) is 0. The number of ketones is 1. The number of hydrogen-bond donors (Lipinski definition) is 0. The average Bonchev–Trinajstić information content (AvgIpc) is 2.45. The lowest BCUT2D eigenvalue weighted by Gasteiger charge is -2.63. The van der Waals surface area contributed by atoms with E-state index in [4.69, 9.17) is 0 Å². The SMILES string of the molecule is CCCCCC12CN3CN(C1)CC(CCCCC)(C3)C2=O. The van der Waals surface area contributed by atoms with Gasteiger partial charge in [-0.2, -0.15) is 0 Å². The highest BCUT2D eigenvalue weighted by Gasteiger charge is 2.61. The molecule has 4 heterocycles. The third-order valence-corrected chi connectivity index (χ3v) is 5.99. The van der Waals surface area contributed by atoms with Gasteiger partial charge in [0, 0.05) is 26.2 Å². The predicted molar refractivity (Wildman–Crippen MR) is 86.2 cm³/mol. The summed E-state index contributed by atoms with van der Waals surface area (Å²) in [4.78, 5) is 18.5. The van der Waals surface area contributed by atoms with E-state index in [1.54, 1.807) is 0 Å². The van der Waals surface area contributed by atoms with Gasteiger partial charge in [0.25, 0.3) is 0 Å². The zero-order chi connectivity index (χ0) is 14.9. The second-order valence-electron chi connectivity index (χ2n) is 7.92. The van der Waals surface area contributed by atoms with E-state index in [0.29, 0.717) is 5.78 Å². The first kappa shape index (κ1) is 15.5. The van der Waals surface area contributed by atoms with Crippen molar-refractivity contribution in [3.63, 3.8) is 0 Å². The van der Waals surface area contributed by atoms with E-state index in [1.165, 1.54) is 38.5 Å². The van der Waals surface area contributed by atoms with Crippen molar-refractivity contribution in [2.75, 3.05) is 32.8 Å². The van der Waals surface area contributed by atoms with Crippen LogP contribution in [0, 0.1) is 10.8 Å². The second kappa shape index (κ2) is 6.00. The van der Waals surface area contributed by atoms with Gasteiger partial charge in [-0.25, -0.2) is 0 Å². The van der Waals surface area contributed by atoms with Gasteiger partial charge in [0.2, 0.25) is 0 Å². The average molecular weight is 292 g/mol. The Morgan fingerprint density at radius 2 is 1.24 bits per heavy atom. The van der Waals surface area contributed by atoms with Crippen molar-refractivity contribution in [2.45, 2.75) is 65.2 Å². The first-order valence-corrected chi connectivity index (χ1v) is 9.14. The summed E-state index contributed by atoms with van der Waals surface area (Å²) in [5.41, 5.74) is -0.0354. The molecule has 0 N–H and O–H groups in total. The fourth-order valence-electron chi connectivity index (χ4n) is 5.23. The zero-order valence-electron chi connectivity index (χ0n) is 14.0. The van der Waals surface area contributed by atoms with Crippen LogP contribution >= 0.6 is 0 Å². The minimum Gasteiger partial charge on any atom is -0.298 e. The van der Waals surface area contributed by atoms with Crippen LogP contribution in [0.2, 0.25) is 0 Å². The Hall–Kier alpha value is -0.410. The van der Waals surface area contributed by atoms with E-state index < -0.39 is 0 Å². The van der Waals surface area contributed by atoms with Gasteiger partial charge in [-0.3, -0.25) is 14.6 Å². The molecule has 0 radical (unpaired) electrons. The number of nitrogens with zero attached hydrogens (tertiary/aromatic N) is 2. The van der Waals surface area contributed by atoms with Gasteiger partial charge in [0.05, 0.1) is 17.5 Å². The van der Waals surface area contributed by atoms with E-state index in [2.05, 4.69) is 23.6 Å². The van der Waals surface area contributed by atoms with Crippen LogP contribution in [-0.4, -0.2) is 48.4 Å². The van der Waals surface area contributed by atoms with E-state index in [1.807, 2.05) is 0 Å². The van der Waals surface area contributed by atoms with Crippen LogP contribution in [0.4, 0.5) is 0 Å². The van der Waals surface area contributed by atoms with Gasteiger partial charge in [0.15, 0.2) is 0 Å².